The molecule has 0 atom stereocenters. The van der Waals surface area contributed by atoms with E-state index >= 15 is 0 Å². The van der Waals surface area contributed by atoms with Crippen molar-refractivity contribution < 1.29 is 17.9 Å². The Balaban J connectivity index is 2.06. The highest BCUT2D eigenvalue weighted by Crippen LogP contribution is 2.29. The molecule has 2 aromatic rings. The molecule has 0 aliphatic rings. The number of anilines is 1. The summed E-state index contributed by atoms with van der Waals surface area (Å²) in [5.74, 6) is 0.181. The first-order valence-corrected chi connectivity index (χ1v) is 11.3. The second kappa shape index (κ2) is 10.1. The van der Waals surface area contributed by atoms with Crippen molar-refractivity contribution in [2.45, 2.75) is 44.9 Å². The van der Waals surface area contributed by atoms with Crippen LogP contribution >= 0.6 is 11.6 Å². The zero-order chi connectivity index (χ0) is 21.6. The minimum absolute atomic E-state index is 0.0502. The second-order valence-corrected chi connectivity index (χ2v) is 9.19. The van der Waals surface area contributed by atoms with Gasteiger partial charge in [-0.2, -0.15) is 0 Å². The molecule has 0 heterocycles. The summed E-state index contributed by atoms with van der Waals surface area (Å²) in [4.78, 5) is 12.4. The third-order valence-electron chi connectivity index (χ3n) is 4.31. The number of halogens is 1. The van der Waals surface area contributed by atoms with Gasteiger partial charge in [0.15, 0.2) is 6.61 Å². The number of benzene rings is 2. The molecule has 0 unspecified atom stereocenters. The van der Waals surface area contributed by atoms with Gasteiger partial charge in [-0.3, -0.25) is 4.79 Å². The summed E-state index contributed by atoms with van der Waals surface area (Å²) in [6.07, 6.45) is 0.683. The van der Waals surface area contributed by atoms with Crippen LogP contribution in [0.1, 0.15) is 44.2 Å². The number of nitrogens with one attached hydrogen (secondary N) is 2. The first kappa shape index (κ1) is 23.2. The number of ether oxygens (including phenoxy) is 1. The molecule has 0 spiro atoms. The number of carbonyl (C=O) groups is 1. The van der Waals surface area contributed by atoms with Crippen molar-refractivity contribution in [1.29, 1.82) is 0 Å². The van der Waals surface area contributed by atoms with Crippen LogP contribution < -0.4 is 14.8 Å². The van der Waals surface area contributed by atoms with E-state index in [4.69, 9.17) is 16.3 Å². The molecule has 0 radical (unpaired) electrons. The van der Waals surface area contributed by atoms with Crippen molar-refractivity contribution in [3.8, 4) is 5.75 Å². The van der Waals surface area contributed by atoms with Crippen LogP contribution in [0.15, 0.2) is 41.3 Å². The molecular weight excluding hydrogens is 412 g/mol. The van der Waals surface area contributed by atoms with Crippen molar-refractivity contribution in [3.63, 3.8) is 0 Å². The van der Waals surface area contributed by atoms with Gasteiger partial charge in [-0.05, 0) is 48.6 Å². The van der Waals surface area contributed by atoms with Gasteiger partial charge in [0.1, 0.15) is 5.75 Å². The van der Waals surface area contributed by atoms with Crippen LogP contribution in [0.2, 0.25) is 5.02 Å². The number of carbonyl (C=O) groups excluding carboxylic acids is 1. The molecule has 8 heteroatoms. The smallest absolute Gasteiger partial charge is 0.262 e. The first-order chi connectivity index (χ1) is 13.7. The van der Waals surface area contributed by atoms with Gasteiger partial charge < -0.3 is 10.1 Å². The van der Waals surface area contributed by atoms with E-state index in [-0.39, 0.29) is 34.1 Å². The Bertz CT molecular complexity index is 975. The van der Waals surface area contributed by atoms with E-state index in [0.29, 0.717) is 13.0 Å². The lowest BCUT2D eigenvalue weighted by Crippen LogP contribution is -2.24. The van der Waals surface area contributed by atoms with Crippen LogP contribution in [-0.4, -0.2) is 27.5 Å². The molecule has 0 fully saturated rings. The molecule has 2 rings (SSSR count). The van der Waals surface area contributed by atoms with Crippen LogP contribution in [0.25, 0.3) is 0 Å². The summed E-state index contributed by atoms with van der Waals surface area (Å²) in [5, 5.41) is 3.02. The molecular formula is C21H27ClN2O4S. The zero-order valence-corrected chi connectivity index (χ0v) is 18.7. The third-order valence-corrected chi connectivity index (χ3v) is 6.06. The fourth-order valence-electron chi connectivity index (χ4n) is 2.75. The van der Waals surface area contributed by atoms with E-state index < -0.39 is 10.0 Å². The van der Waals surface area contributed by atoms with E-state index in [2.05, 4.69) is 23.9 Å². The van der Waals surface area contributed by atoms with E-state index in [1.54, 1.807) is 0 Å². The Morgan fingerprint density at radius 1 is 1.21 bits per heavy atom. The van der Waals surface area contributed by atoms with Gasteiger partial charge in [-0.25, -0.2) is 13.1 Å². The predicted molar refractivity (Wildman–Crippen MR) is 116 cm³/mol. The standard InChI is InChI=1S/C21H27ClN2O4S/c1-5-11-23-29(26,27)16-9-10-19(18(22)12-16)28-13-20(25)24-21-15(4)7-6-8-17(21)14(2)3/h6-10,12,14,23H,5,11,13H2,1-4H3,(H,24,25). The molecule has 6 nitrogen and oxygen atoms in total. The van der Waals surface area contributed by atoms with Crippen LogP contribution in [0.3, 0.4) is 0 Å². The molecule has 2 aromatic carbocycles. The Morgan fingerprint density at radius 3 is 2.55 bits per heavy atom. The third kappa shape index (κ3) is 6.19. The van der Waals surface area contributed by atoms with E-state index in [0.717, 1.165) is 16.8 Å². The van der Waals surface area contributed by atoms with E-state index in [9.17, 15) is 13.2 Å². The molecule has 0 aliphatic heterocycles. The van der Waals surface area contributed by atoms with Gasteiger partial charge >= 0.3 is 0 Å². The molecule has 2 N–H and O–H groups in total. The lowest BCUT2D eigenvalue weighted by atomic mass is 9.98. The van der Waals surface area contributed by atoms with Crippen LogP contribution in [0.4, 0.5) is 5.69 Å². The molecule has 0 saturated carbocycles. The highest BCUT2D eigenvalue weighted by molar-refractivity contribution is 7.89. The Hall–Kier alpha value is -2.09. The van der Waals surface area contributed by atoms with Gasteiger partial charge in [0, 0.05) is 12.2 Å². The summed E-state index contributed by atoms with van der Waals surface area (Å²) in [7, 11) is -3.62. The van der Waals surface area contributed by atoms with Crippen LogP contribution in [0, 0.1) is 6.92 Å². The molecule has 1 amide bonds. The predicted octanol–water partition coefficient (Wildman–Crippen LogP) is 4.48. The number of sulfonamides is 1. The fourth-order valence-corrected chi connectivity index (χ4v) is 4.21. The monoisotopic (exact) mass is 438 g/mol. The Morgan fingerprint density at radius 2 is 1.93 bits per heavy atom. The van der Waals surface area contributed by atoms with Gasteiger partial charge in [0.2, 0.25) is 10.0 Å². The van der Waals surface area contributed by atoms with Gasteiger partial charge in [-0.1, -0.05) is 50.6 Å². The number of amides is 1. The first-order valence-electron chi connectivity index (χ1n) is 9.47. The maximum absolute atomic E-state index is 12.4. The molecule has 29 heavy (non-hydrogen) atoms. The summed E-state index contributed by atoms with van der Waals surface area (Å²) in [6, 6.07) is 10.0. The minimum Gasteiger partial charge on any atom is -0.482 e. The van der Waals surface area contributed by atoms with E-state index in [1.165, 1.54) is 18.2 Å². The second-order valence-electron chi connectivity index (χ2n) is 7.02. The maximum Gasteiger partial charge on any atom is 0.262 e. The number of para-hydroxylation sites is 1. The van der Waals surface area contributed by atoms with Gasteiger partial charge in [0.05, 0.1) is 9.92 Å². The normalized spacial score (nSPS) is 11.5. The molecule has 0 aliphatic carbocycles. The lowest BCUT2D eigenvalue weighted by molar-refractivity contribution is -0.118. The number of hydrogen-bond acceptors (Lipinski definition) is 4. The summed E-state index contributed by atoms with van der Waals surface area (Å²) < 4.78 is 32.3. The van der Waals surface area contributed by atoms with Crippen molar-refractivity contribution in [3.05, 3.63) is 52.5 Å². The highest BCUT2D eigenvalue weighted by Gasteiger charge is 2.17. The summed E-state index contributed by atoms with van der Waals surface area (Å²) in [5.41, 5.74) is 2.80. The maximum atomic E-state index is 12.4. The van der Waals surface area contributed by atoms with E-state index in [1.807, 2.05) is 32.0 Å². The van der Waals surface area contributed by atoms with Gasteiger partial charge in [-0.15, -0.1) is 0 Å². The fraction of sp³-hybridized carbons (Fsp3) is 0.381. The average molecular weight is 439 g/mol. The summed E-state index contributed by atoms with van der Waals surface area (Å²) in [6.45, 7) is 8.03. The number of rotatable bonds is 9. The molecule has 158 valence electrons. The minimum atomic E-state index is -3.62. The number of hydrogen-bond donors (Lipinski definition) is 2. The van der Waals surface area contributed by atoms with Crippen molar-refractivity contribution >= 4 is 33.2 Å². The number of aryl methyl sites for hydroxylation is 1. The quantitative estimate of drug-likeness (QED) is 0.604. The lowest BCUT2D eigenvalue weighted by Gasteiger charge is -2.17. The van der Waals surface area contributed by atoms with Gasteiger partial charge in [0.25, 0.3) is 5.91 Å². The average Bonchev–Trinajstić information content (AvgIpc) is 2.66. The largest absolute Gasteiger partial charge is 0.482 e. The molecule has 0 bridgehead atoms. The van der Waals surface area contributed by atoms with Crippen molar-refractivity contribution in [2.24, 2.45) is 0 Å². The van der Waals surface area contributed by atoms with Crippen molar-refractivity contribution in [1.82, 2.24) is 4.72 Å². The summed E-state index contributed by atoms with van der Waals surface area (Å²) >= 11 is 6.16. The van der Waals surface area contributed by atoms with Crippen molar-refractivity contribution in [2.75, 3.05) is 18.5 Å². The van der Waals surface area contributed by atoms with Crippen LogP contribution in [0.5, 0.6) is 5.75 Å². The Labute approximate surface area is 177 Å². The highest BCUT2D eigenvalue weighted by atomic mass is 35.5. The molecule has 0 aromatic heterocycles. The topological polar surface area (TPSA) is 84.5 Å². The zero-order valence-electron chi connectivity index (χ0n) is 17.1. The Kier molecular flexibility index (Phi) is 8.07. The molecule has 0 saturated heterocycles. The SMILES string of the molecule is CCCNS(=O)(=O)c1ccc(OCC(=O)Nc2c(C)cccc2C(C)C)c(Cl)c1. The van der Waals surface area contributed by atoms with Crippen LogP contribution in [-0.2, 0) is 14.8 Å².